The molecular weight excluding hydrogens is 480 g/mol. The topological polar surface area (TPSA) is 104 Å². The summed E-state index contributed by atoms with van der Waals surface area (Å²) in [6.07, 6.45) is 3.09. The largest absolute Gasteiger partial charge is 0.497 e. The molecular formula is C28H32N8O2. The van der Waals surface area contributed by atoms with Crippen LogP contribution in [0, 0.1) is 6.92 Å². The van der Waals surface area contributed by atoms with Gasteiger partial charge in [0.2, 0.25) is 5.88 Å². The van der Waals surface area contributed by atoms with Crippen molar-refractivity contribution in [1.82, 2.24) is 30.0 Å². The van der Waals surface area contributed by atoms with Crippen LogP contribution in [0.15, 0.2) is 54.7 Å². The zero-order valence-electron chi connectivity index (χ0n) is 21.9. The Morgan fingerprint density at radius 2 is 1.84 bits per heavy atom. The second kappa shape index (κ2) is 10.3. The molecule has 196 valence electrons. The predicted octanol–water partition coefficient (Wildman–Crippen LogP) is 4.18. The fourth-order valence-electron chi connectivity index (χ4n) is 5.23. The SMILES string of the molecule is CCOc1cc(Nc2cc(C)[nH]n2)nc(-c2ccc(N3CC4CC(C3)N4Cc3ccc(OC)cc3)nc2)n1. The lowest BCUT2D eigenvalue weighted by molar-refractivity contribution is -0.00868. The molecule has 1 aromatic carbocycles. The number of piperazine rings is 1. The van der Waals surface area contributed by atoms with Crippen molar-refractivity contribution in [2.45, 2.75) is 38.9 Å². The van der Waals surface area contributed by atoms with Gasteiger partial charge in [0.1, 0.15) is 17.4 Å². The molecule has 10 nitrogen and oxygen atoms in total. The molecule has 0 radical (unpaired) electrons. The summed E-state index contributed by atoms with van der Waals surface area (Å²) in [4.78, 5) is 19.1. The minimum atomic E-state index is 0.504. The van der Waals surface area contributed by atoms with Crippen molar-refractivity contribution in [3.63, 3.8) is 0 Å². The Kier molecular flexibility index (Phi) is 6.55. The van der Waals surface area contributed by atoms with Crippen molar-refractivity contribution in [3.05, 3.63) is 66.0 Å². The fourth-order valence-corrected chi connectivity index (χ4v) is 5.23. The number of H-pyrrole nitrogens is 1. The average Bonchev–Trinajstić information content (AvgIpc) is 3.36. The maximum Gasteiger partial charge on any atom is 0.219 e. The minimum absolute atomic E-state index is 0.504. The number of anilines is 3. The number of pyridine rings is 1. The monoisotopic (exact) mass is 512 g/mol. The van der Waals surface area contributed by atoms with E-state index < -0.39 is 0 Å². The highest BCUT2D eigenvalue weighted by Crippen LogP contribution is 2.36. The van der Waals surface area contributed by atoms with Crippen LogP contribution in [0.5, 0.6) is 11.6 Å². The Hall–Kier alpha value is -4.18. The number of aromatic nitrogens is 5. The number of nitrogens with zero attached hydrogens (tertiary/aromatic N) is 6. The Morgan fingerprint density at radius 1 is 1.03 bits per heavy atom. The molecule has 6 heterocycles. The zero-order chi connectivity index (χ0) is 26.1. The number of hydrogen-bond donors (Lipinski definition) is 2. The van der Waals surface area contributed by atoms with Crippen molar-refractivity contribution in [3.8, 4) is 23.0 Å². The molecule has 38 heavy (non-hydrogen) atoms. The number of rotatable bonds is 9. The van der Waals surface area contributed by atoms with Crippen LogP contribution in [0.2, 0.25) is 0 Å². The maximum absolute atomic E-state index is 5.69. The van der Waals surface area contributed by atoms with Crippen molar-refractivity contribution in [2.24, 2.45) is 0 Å². The van der Waals surface area contributed by atoms with Gasteiger partial charge in [-0.3, -0.25) is 10.00 Å². The zero-order valence-corrected chi connectivity index (χ0v) is 21.9. The molecule has 3 aromatic heterocycles. The van der Waals surface area contributed by atoms with Gasteiger partial charge in [-0.25, -0.2) is 9.97 Å². The van der Waals surface area contributed by atoms with Gasteiger partial charge in [-0.2, -0.15) is 10.1 Å². The highest BCUT2D eigenvalue weighted by molar-refractivity contribution is 5.62. The molecule has 0 aliphatic carbocycles. The third kappa shape index (κ3) is 4.99. The van der Waals surface area contributed by atoms with Crippen molar-refractivity contribution in [1.29, 1.82) is 0 Å². The smallest absolute Gasteiger partial charge is 0.219 e. The van der Waals surface area contributed by atoms with Crippen LogP contribution in [0.1, 0.15) is 24.6 Å². The van der Waals surface area contributed by atoms with Gasteiger partial charge in [-0.15, -0.1) is 0 Å². The minimum Gasteiger partial charge on any atom is -0.497 e. The summed E-state index contributed by atoms with van der Waals surface area (Å²) in [6, 6.07) is 17.3. The van der Waals surface area contributed by atoms with Gasteiger partial charge in [0.25, 0.3) is 0 Å². The van der Waals surface area contributed by atoms with E-state index in [2.05, 4.69) is 53.5 Å². The summed E-state index contributed by atoms with van der Waals surface area (Å²) in [5, 5.41) is 10.4. The Bertz CT molecular complexity index is 1380. The first-order chi connectivity index (χ1) is 18.6. The summed E-state index contributed by atoms with van der Waals surface area (Å²) in [5.74, 6) is 4.24. The molecule has 2 atom stereocenters. The number of aryl methyl sites for hydroxylation is 1. The van der Waals surface area contributed by atoms with Crippen LogP contribution in [-0.2, 0) is 6.54 Å². The van der Waals surface area contributed by atoms with Gasteiger partial charge in [-0.1, -0.05) is 12.1 Å². The number of fused-ring (bicyclic) bond motifs is 2. The molecule has 0 amide bonds. The number of piperidine rings is 1. The molecule has 0 saturated carbocycles. The normalized spacial score (nSPS) is 18.7. The van der Waals surface area contributed by atoms with Crippen LogP contribution in [0.25, 0.3) is 11.4 Å². The number of ether oxygens (including phenoxy) is 2. The highest BCUT2D eigenvalue weighted by Gasteiger charge is 2.44. The molecule has 3 aliphatic rings. The molecule has 0 spiro atoms. The highest BCUT2D eigenvalue weighted by atomic mass is 16.5. The van der Waals surface area contributed by atoms with E-state index in [1.165, 1.54) is 12.0 Å². The first-order valence-corrected chi connectivity index (χ1v) is 13.0. The second-order valence-corrected chi connectivity index (χ2v) is 9.78. The molecule has 3 saturated heterocycles. The van der Waals surface area contributed by atoms with Crippen LogP contribution in [-0.4, -0.2) is 68.9 Å². The van der Waals surface area contributed by atoms with E-state index in [1.807, 2.05) is 44.3 Å². The quantitative estimate of drug-likeness (QED) is 0.342. The Balaban J connectivity index is 1.13. The second-order valence-electron chi connectivity index (χ2n) is 9.78. The molecule has 2 bridgehead atoms. The summed E-state index contributed by atoms with van der Waals surface area (Å²) in [6.45, 7) is 7.33. The van der Waals surface area contributed by atoms with Gasteiger partial charge in [0.15, 0.2) is 11.6 Å². The summed E-state index contributed by atoms with van der Waals surface area (Å²) in [7, 11) is 1.70. The Morgan fingerprint density at radius 3 is 2.50 bits per heavy atom. The number of methoxy groups -OCH3 is 1. The molecule has 2 unspecified atom stereocenters. The number of hydrogen-bond acceptors (Lipinski definition) is 9. The lowest BCUT2D eigenvalue weighted by Crippen LogP contribution is -2.68. The molecule has 4 aromatic rings. The molecule has 7 rings (SSSR count). The van der Waals surface area contributed by atoms with E-state index in [-0.39, 0.29) is 0 Å². The predicted molar refractivity (Wildman–Crippen MR) is 146 cm³/mol. The van der Waals surface area contributed by atoms with Crippen molar-refractivity contribution < 1.29 is 9.47 Å². The van der Waals surface area contributed by atoms with Crippen LogP contribution in [0.3, 0.4) is 0 Å². The van der Waals surface area contributed by atoms with Crippen molar-refractivity contribution >= 4 is 17.5 Å². The fraction of sp³-hybridized carbons (Fsp3) is 0.357. The van der Waals surface area contributed by atoms with Gasteiger partial charge < -0.3 is 19.7 Å². The van der Waals surface area contributed by atoms with E-state index in [0.29, 0.717) is 42.0 Å². The van der Waals surface area contributed by atoms with Crippen molar-refractivity contribution in [2.75, 3.05) is 37.0 Å². The first-order valence-electron chi connectivity index (χ1n) is 13.0. The van der Waals surface area contributed by atoms with E-state index in [1.54, 1.807) is 13.2 Å². The third-order valence-electron chi connectivity index (χ3n) is 7.16. The van der Waals surface area contributed by atoms with E-state index in [9.17, 15) is 0 Å². The van der Waals surface area contributed by atoms with E-state index in [0.717, 1.165) is 42.5 Å². The molecule has 2 N–H and O–H groups in total. The van der Waals surface area contributed by atoms with Crippen LogP contribution < -0.4 is 19.7 Å². The molecule has 3 fully saturated rings. The summed E-state index contributed by atoms with van der Waals surface area (Å²) < 4.78 is 11.0. The van der Waals surface area contributed by atoms with Gasteiger partial charge in [0.05, 0.1) is 13.7 Å². The van der Waals surface area contributed by atoms with Crippen LogP contribution in [0.4, 0.5) is 17.5 Å². The standard InChI is InChI=1S/C28H32N8O2/c1-4-38-27-13-24(30-25-11-18(2)33-34-25)31-28(32-27)20-7-10-26(29-14-20)35-16-21-12-22(17-35)36(21)15-19-5-8-23(37-3)9-6-19/h5-11,13-14,21-22H,4,12,15-17H2,1-3H3,(H2,30,31,32,33,34). The average molecular weight is 513 g/mol. The van der Waals surface area contributed by atoms with E-state index in [4.69, 9.17) is 14.5 Å². The Labute approximate surface area is 222 Å². The van der Waals surface area contributed by atoms with E-state index >= 15 is 0 Å². The van der Waals surface area contributed by atoms with Gasteiger partial charge in [0, 0.05) is 61.3 Å². The molecule has 10 heteroatoms. The van der Waals surface area contributed by atoms with Gasteiger partial charge in [-0.05, 0) is 50.1 Å². The van der Waals surface area contributed by atoms with Gasteiger partial charge >= 0.3 is 0 Å². The lowest BCUT2D eigenvalue weighted by Gasteiger charge is -2.56. The third-order valence-corrected chi connectivity index (χ3v) is 7.16. The maximum atomic E-state index is 5.69. The van der Waals surface area contributed by atoms with Crippen LogP contribution >= 0.6 is 0 Å². The first kappa shape index (κ1) is 24.2. The molecule has 3 aliphatic heterocycles. The summed E-state index contributed by atoms with van der Waals surface area (Å²) >= 11 is 0. The number of aromatic amines is 1. The lowest BCUT2D eigenvalue weighted by atomic mass is 9.86. The number of nitrogens with one attached hydrogen (secondary N) is 2. The summed E-state index contributed by atoms with van der Waals surface area (Å²) in [5.41, 5.74) is 3.12. The number of benzene rings is 1.